The van der Waals surface area contributed by atoms with Crippen LogP contribution in [0.25, 0.3) is 0 Å². The standard InChI is InChI=1S/C11H16O3/c12-9-11(6-2-1-3-7-11)8-4-5-10(13)14/h4-5,9H,1-3,6-8H2,(H,13,14)/b5-4+. The van der Waals surface area contributed by atoms with E-state index in [2.05, 4.69) is 0 Å². The van der Waals surface area contributed by atoms with Crippen molar-refractivity contribution < 1.29 is 14.7 Å². The van der Waals surface area contributed by atoms with Gasteiger partial charge in [0.2, 0.25) is 0 Å². The average molecular weight is 196 g/mol. The molecule has 1 saturated carbocycles. The molecule has 0 aromatic rings. The van der Waals surface area contributed by atoms with E-state index in [1.807, 2.05) is 0 Å². The molecule has 1 aliphatic rings. The zero-order valence-corrected chi connectivity index (χ0v) is 8.24. The zero-order chi connectivity index (χ0) is 10.4. The van der Waals surface area contributed by atoms with Gasteiger partial charge in [-0.15, -0.1) is 0 Å². The van der Waals surface area contributed by atoms with Crippen LogP contribution in [0.5, 0.6) is 0 Å². The Labute approximate surface area is 83.8 Å². The molecule has 0 heterocycles. The number of carboxylic acids is 1. The summed E-state index contributed by atoms with van der Waals surface area (Å²) in [7, 11) is 0. The van der Waals surface area contributed by atoms with Crippen molar-refractivity contribution in [1.29, 1.82) is 0 Å². The molecule has 1 fully saturated rings. The van der Waals surface area contributed by atoms with Crippen LogP contribution in [0.3, 0.4) is 0 Å². The van der Waals surface area contributed by atoms with E-state index in [4.69, 9.17) is 5.11 Å². The topological polar surface area (TPSA) is 54.4 Å². The van der Waals surface area contributed by atoms with Gasteiger partial charge < -0.3 is 9.90 Å². The van der Waals surface area contributed by atoms with Crippen LogP contribution in [0.4, 0.5) is 0 Å². The molecule has 3 nitrogen and oxygen atoms in total. The molecule has 14 heavy (non-hydrogen) atoms. The highest BCUT2D eigenvalue weighted by Crippen LogP contribution is 2.37. The summed E-state index contributed by atoms with van der Waals surface area (Å²) in [6.45, 7) is 0. The second-order valence-electron chi connectivity index (χ2n) is 3.99. The normalized spacial score (nSPS) is 20.9. The van der Waals surface area contributed by atoms with Gasteiger partial charge in [-0.1, -0.05) is 25.3 Å². The molecule has 0 spiro atoms. The Bertz CT molecular complexity index is 237. The Balaban J connectivity index is 2.52. The Morgan fingerprint density at radius 3 is 2.43 bits per heavy atom. The minimum absolute atomic E-state index is 0.274. The molecule has 0 atom stereocenters. The highest BCUT2D eigenvalue weighted by molar-refractivity contribution is 5.79. The third-order valence-corrected chi connectivity index (χ3v) is 2.88. The molecule has 0 aromatic heterocycles. The molecule has 78 valence electrons. The fourth-order valence-corrected chi connectivity index (χ4v) is 2.02. The van der Waals surface area contributed by atoms with Crippen molar-refractivity contribution in [2.24, 2.45) is 5.41 Å². The second kappa shape index (κ2) is 4.94. The van der Waals surface area contributed by atoms with Crippen LogP contribution >= 0.6 is 0 Å². The summed E-state index contributed by atoms with van der Waals surface area (Å²) >= 11 is 0. The van der Waals surface area contributed by atoms with Crippen LogP contribution in [0.2, 0.25) is 0 Å². The van der Waals surface area contributed by atoms with Crippen molar-refractivity contribution in [3.05, 3.63) is 12.2 Å². The van der Waals surface area contributed by atoms with E-state index >= 15 is 0 Å². The SMILES string of the molecule is O=CC1(C/C=C/C(=O)O)CCCCC1. The highest BCUT2D eigenvalue weighted by Gasteiger charge is 2.30. The molecule has 3 heteroatoms. The van der Waals surface area contributed by atoms with E-state index in [1.54, 1.807) is 6.08 Å². The number of aldehydes is 1. The van der Waals surface area contributed by atoms with Crippen molar-refractivity contribution in [1.82, 2.24) is 0 Å². The van der Waals surface area contributed by atoms with Crippen LogP contribution in [0, 0.1) is 5.41 Å². The van der Waals surface area contributed by atoms with Gasteiger partial charge in [0.15, 0.2) is 0 Å². The summed E-state index contributed by atoms with van der Waals surface area (Å²) < 4.78 is 0. The van der Waals surface area contributed by atoms with Gasteiger partial charge in [0.05, 0.1) is 0 Å². The lowest BCUT2D eigenvalue weighted by Crippen LogP contribution is -2.25. The van der Waals surface area contributed by atoms with Gasteiger partial charge in [0, 0.05) is 11.5 Å². The van der Waals surface area contributed by atoms with E-state index in [0.29, 0.717) is 6.42 Å². The quantitative estimate of drug-likeness (QED) is 0.553. The molecular weight excluding hydrogens is 180 g/mol. The minimum atomic E-state index is -0.943. The average Bonchev–Trinajstić information content (AvgIpc) is 2.19. The minimum Gasteiger partial charge on any atom is -0.478 e. The highest BCUT2D eigenvalue weighted by atomic mass is 16.4. The van der Waals surface area contributed by atoms with Crippen molar-refractivity contribution in [2.75, 3.05) is 0 Å². The van der Waals surface area contributed by atoms with Gasteiger partial charge in [-0.3, -0.25) is 0 Å². The monoisotopic (exact) mass is 196 g/mol. The molecule has 0 bridgehead atoms. The Morgan fingerprint density at radius 2 is 1.93 bits per heavy atom. The number of aliphatic carboxylic acids is 1. The number of hydrogen-bond acceptors (Lipinski definition) is 2. The van der Waals surface area contributed by atoms with Crippen LogP contribution in [-0.4, -0.2) is 17.4 Å². The van der Waals surface area contributed by atoms with Crippen molar-refractivity contribution in [3.63, 3.8) is 0 Å². The van der Waals surface area contributed by atoms with Gasteiger partial charge in [-0.05, 0) is 19.3 Å². The van der Waals surface area contributed by atoms with E-state index in [-0.39, 0.29) is 5.41 Å². The molecule has 1 aliphatic carbocycles. The molecule has 1 N–H and O–H groups in total. The number of hydrogen-bond donors (Lipinski definition) is 1. The number of allylic oxidation sites excluding steroid dienone is 1. The first-order valence-electron chi connectivity index (χ1n) is 5.04. The van der Waals surface area contributed by atoms with Gasteiger partial charge in [-0.2, -0.15) is 0 Å². The van der Waals surface area contributed by atoms with Crippen LogP contribution in [0.15, 0.2) is 12.2 Å². The first-order chi connectivity index (χ1) is 6.68. The molecule has 0 saturated heterocycles. The predicted octanol–water partition coefficient (Wildman–Crippen LogP) is 2.17. The summed E-state index contributed by atoms with van der Waals surface area (Å²) in [5, 5.41) is 8.42. The fraction of sp³-hybridized carbons (Fsp3) is 0.636. The molecule has 0 unspecified atom stereocenters. The lowest BCUT2D eigenvalue weighted by molar-refractivity contribution is -0.131. The fourth-order valence-electron chi connectivity index (χ4n) is 2.02. The summed E-state index contributed by atoms with van der Waals surface area (Å²) in [5.74, 6) is -0.943. The third-order valence-electron chi connectivity index (χ3n) is 2.88. The molecular formula is C11H16O3. The van der Waals surface area contributed by atoms with E-state index in [9.17, 15) is 9.59 Å². The van der Waals surface area contributed by atoms with Gasteiger partial charge in [0.1, 0.15) is 6.29 Å². The van der Waals surface area contributed by atoms with Crippen molar-refractivity contribution in [3.8, 4) is 0 Å². The molecule has 0 radical (unpaired) electrons. The van der Waals surface area contributed by atoms with Gasteiger partial charge >= 0.3 is 5.97 Å². The lowest BCUT2D eigenvalue weighted by Gasteiger charge is -2.30. The van der Waals surface area contributed by atoms with Crippen molar-refractivity contribution in [2.45, 2.75) is 38.5 Å². The predicted molar refractivity (Wildman–Crippen MR) is 53.0 cm³/mol. The molecule has 0 amide bonds. The van der Waals surface area contributed by atoms with Crippen LogP contribution in [-0.2, 0) is 9.59 Å². The summed E-state index contributed by atoms with van der Waals surface area (Å²) in [5.41, 5.74) is -0.274. The molecule has 1 rings (SSSR count). The van der Waals surface area contributed by atoms with Gasteiger partial charge in [0.25, 0.3) is 0 Å². The van der Waals surface area contributed by atoms with E-state index in [1.165, 1.54) is 6.42 Å². The lowest BCUT2D eigenvalue weighted by atomic mass is 9.73. The first-order valence-corrected chi connectivity index (χ1v) is 5.04. The maximum atomic E-state index is 11.0. The Hall–Kier alpha value is -1.12. The zero-order valence-electron chi connectivity index (χ0n) is 8.24. The maximum Gasteiger partial charge on any atom is 0.327 e. The smallest absolute Gasteiger partial charge is 0.327 e. The Kier molecular flexibility index (Phi) is 3.86. The largest absolute Gasteiger partial charge is 0.478 e. The summed E-state index contributed by atoms with van der Waals surface area (Å²) in [6.07, 6.45) is 9.47. The van der Waals surface area contributed by atoms with E-state index in [0.717, 1.165) is 38.0 Å². The number of rotatable bonds is 4. The maximum absolute atomic E-state index is 11.0. The van der Waals surface area contributed by atoms with E-state index < -0.39 is 5.97 Å². The third kappa shape index (κ3) is 2.98. The van der Waals surface area contributed by atoms with Crippen LogP contribution in [0.1, 0.15) is 38.5 Å². The summed E-state index contributed by atoms with van der Waals surface area (Å²) in [4.78, 5) is 21.2. The Morgan fingerprint density at radius 1 is 1.29 bits per heavy atom. The second-order valence-corrected chi connectivity index (χ2v) is 3.99. The van der Waals surface area contributed by atoms with Gasteiger partial charge in [-0.25, -0.2) is 4.79 Å². The first kappa shape index (κ1) is 11.0. The number of carbonyl (C=O) groups excluding carboxylic acids is 1. The summed E-state index contributed by atoms with van der Waals surface area (Å²) in [6, 6.07) is 0. The number of carboxylic acid groups (broad SMARTS) is 1. The molecule has 0 aromatic carbocycles. The van der Waals surface area contributed by atoms with Crippen molar-refractivity contribution >= 4 is 12.3 Å². The van der Waals surface area contributed by atoms with Crippen LogP contribution < -0.4 is 0 Å². The molecule has 0 aliphatic heterocycles. The number of carbonyl (C=O) groups is 2.